The average molecular weight is 403 g/mol. The molecule has 3 aromatic rings. The Hall–Kier alpha value is -1.86. The van der Waals surface area contributed by atoms with Gasteiger partial charge >= 0.3 is 0 Å². The number of H-pyrrole nitrogens is 1. The van der Waals surface area contributed by atoms with Crippen molar-refractivity contribution >= 4 is 39.7 Å². The van der Waals surface area contributed by atoms with Crippen LogP contribution in [0.2, 0.25) is 5.02 Å². The largest absolute Gasteiger partial charge is 0.350 e. The van der Waals surface area contributed by atoms with Crippen molar-refractivity contribution in [3.05, 3.63) is 46.4 Å². The minimum atomic E-state index is -0.0696. The lowest BCUT2D eigenvalue weighted by Gasteiger charge is -2.32. The number of piperazine rings is 1. The highest BCUT2D eigenvalue weighted by atomic mass is 35.5. The summed E-state index contributed by atoms with van der Waals surface area (Å²) in [5.74, 6) is -0.0696. The van der Waals surface area contributed by atoms with Gasteiger partial charge in [-0.1, -0.05) is 17.7 Å². The van der Waals surface area contributed by atoms with Crippen LogP contribution in [0.25, 0.3) is 21.3 Å². The molecule has 0 spiro atoms. The number of benzene rings is 1. The molecule has 142 valence electrons. The predicted octanol–water partition coefficient (Wildman–Crippen LogP) is 3.53. The smallest absolute Gasteiger partial charge is 0.268 e. The summed E-state index contributed by atoms with van der Waals surface area (Å²) in [6.07, 6.45) is 0. The fourth-order valence-corrected chi connectivity index (χ4v) is 4.46. The van der Waals surface area contributed by atoms with Gasteiger partial charge in [0.2, 0.25) is 0 Å². The van der Waals surface area contributed by atoms with Crippen LogP contribution < -0.4 is 5.32 Å². The number of thiophene rings is 1. The fourth-order valence-electron chi connectivity index (χ4n) is 3.50. The van der Waals surface area contributed by atoms with E-state index in [0.29, 0.717) is 17.3 Å². The normalized spacial score (nSPS) is 16.1. The van der Waals surface area contributed by atoms with Gasteiger partial charge in [0.15, 0.2) is 0 Å². The molecule has 1 fully saturated rings. The first-order valence-electron chi connectivity index (χ1n) is 9.16. The van der Waals surface area contributed by atoms with E-state index in [1.54, 1.807) is 11.3 Å². The zero-order chi connectivity index (χ0) is 18.8. The number of carbonyl (C=O) groups excluding carboxylic acids is 1. The van der Waals surface area contributed by atoms with E-state index in [9.17, 15) is 4.79 Å². The summed E-state index contributed by atoms with van der Waals surface area (Å²) in [6.45, 7) is 5.79. The number of nitrogens with one attached hydrogen (secondary N) is 2. The summed E-state index contributed by atoms with van der Waals surface area (Å²) in [5, 5.41) is 6.75. The number of amides is 1. The average Bonchev–Trinajstić information content (AvgIpc) is 3.30. The minimum absolute atomic E-state index is 0.0696. The number of aromatic amines is 1. The molecular formula is C20H23ClN4OS. The Bertz CT molecular complexity index is 929. The van der Waals surface area contributed by atoms with Crippen molar-refractivity contribution < 1.29 is 4.79 Å². The number of aromatic nitrogens is 1. The highest BCUT2D eigenvalue weighted by Gasteiger charge is 2.20. The minimum Gasteiger partial charge on any atom is -0.350 e. The molecule has 27 heavy (non-hydrogen) atoms. The van der Waals surface area contributed by atoms with E-state index in [1.165, 1.54) is 0 Å². The van der Waals surface area contributed by atoms with Crippen LogP contribution >= 0.6 is 22.9 Å². The number of carbonyl (C=O) groups is 1. The van der Waals surface area contributed by atoms with Gasteiger partial charge in [0, 0.05) is 65.6 Å². The predicted molar refractivity (Wildman–Crippen MR) is 113 cm³/mol. The second-order valence-electron chi connectivity index (χ2n) is 6.94. The molecule has 3 heterocycles. The Labute approximate surface area is 167 Å². The van der Waals surface area contributed by atoms with Gasteiger partial charge in [-0.2, -0.15) is 0 Å². The number of hydrogen-bond donors (Lipinski definition) is 2. The Balaban J connectivity index is 1.52. The van der Waals surface area contributed by atoms with Crippen molar-refractivity contribution in [2.45, 2.75) is 0 Å². The molecule has 0 aliphatic carbocycles. The molecule has 1 aliphatic heterocycles. The fraction of sp³-hybridized carbons (Fsp3) is 0.350. The third kappa shape index (κ3) is 4.04. The standard InChI is InChI=1S/C20H23ClN4OS/c1-24-8-10-25(11-9-24)7-6-22-20(26)19-18(17-3-2-12-27-17)15-13-14(21)4-5-16(15)23-19/h2-5,12-13,23H,6-11H2,1H3,(H,22,26). The molecule has 7 heteroatoms. The van der Waals surface area contributed by atoms with Crippen molar-refractivity contribution in [1.82, 2.24) is 20.1 Å². The molecule has 0 atom stereocenters. The second-order valence-corrected chi connectivity index (χ2v) is 8.33. The summed E-state index contributed by atoms with van der Waals surface area (Å²) in [5.41, 5.74) is 2.46. The van der Waals surface area contributed by atoms with Crippen LogP contribution in [0.15, 0.2) is 35.7 Å². The molecule has 1 amide bonds. The molecule has 1 aromatic carbocycles. The third-order valence-electron chi connectivity index (χ3n) is 5.06. The second kappa shape index (κ2) is 8.02. The maximum absolute atomic E-state index is 12.9. The van der Waals surface area contributed by atoms with Gasteiger partial charge in [-0.15, -0.1) is 11.3 Å². The van der Waals surface area contributed by atoms with E-state index in [4.69, 9.17) is 11.6 Å². The van der Waals surface area contributed by atoms with E-state index in [1.807, 2.05) is 35.7 Å². The molecular weight excluding hydrogens is 380 g/mol. The van der Waals surface area contributed by atoms with Gasteiger partial charge in [-0.25, -0.2) is 0 Å². The Morgan fingerprint density at radius 1 is 1.26 bits per heavy atom. The first-order valence-corrected chi connectivity index (χ1v) is 10.4. The zero-order valence-corrected chi connectivity index (χ0v) is 16.9. The molecule has 0 radical (unpaired) electrons. The monoisotopic (exact) mass is 402 g/mol. The summed E-state index contributed by atoms with van der Waals surface area (Å²) >= 11 is 7.82. The SMILES string of the molecule is CN1CCN(CCNC(=O)c2[nH]c3ccc(Cl)cc3c2-c2cccs2)CC1. The summed E-state index contributed by atoms with van der Waals surface area (Å²) < 4.78 is 0. The van der Waals surface area contributed by atoms with Crippen molar-refractivity contribution in [1.29, 1.82) is 0 Å². The van der Waals surface area contributed by atoms with E-state index in [2.05, 4.69) is 27.1 Å². The van der Waals surface area contributed by atoms with Gasteiger partial charge in [0.05, 0.1) is 0 Å². The first kappa shape index (κ1) is 18.5. The lowest BCUT2D eigenvalue weighted by atomic mass is 10.1. The summed E-state index contributed by atoms with van der Waals surface area (Å²) in [4.78, 5) is 22.0. The number of rotatable bonds is 5. The van der Waals surface area contributed by atoms with Gasteiger partial charge in [0.1, 0.15) is 5.69 Å². The third-order valence-corrected chi connectivity index (χ3v) is 6.19. The van der Waals surface area contributed by atoms with Crippen LogP contribution in [0.1, 0.15) is 10.5 Å². The summed E-state index contributed by atoms with van der Waals surface area (Å²) in [6, 6.07) is 9.72. The van der Waals surface area contributed by atoms with E-state index < -0.39 is 0 Å². The lowest BCUT2D eigenvalue weighted by Crippen LogP contribution is -2.46. The number of fused-ring (bicyclic) bond motifs is 1. The van der Waals surface area contributed by atoms with Crippen LogP contribution in [0.3, 0.4) is 0 Å². The van der Waals surface area contributed by atoms with E-state index in [-0.39, 0.29) is 5.91 Å². The van der Waals surface area contributed by atoms with Crippen molar-refractivity contribution in [2.75, 3.05) is 46.3 Å². The highest BCUT2D eigenvalue weighted by molar-refractivity contribution is 7.13. The topological polar surface area (TPSA) is 51.4 Å². The Kier molecular flexibility index (Phi) is 5.50. The summed E-state index contributed by atoms with van der Waals surface area (Å²) in [7, 11) is 2.15. The van der Waals surface area contributed by atoms with Gasteiger partial charge in [0.25, 0.3) is 5.91 Å². The van der Waals surface area contributed by atoms with Gasteiger partial charge in [-0.05, 0) is 36.7 Å². The number of halogens is 1. The van der Waals surface area contributed by atoms with Gasteiger partial charge in [-0.3, -0.25) is 9.69 Å². The van der Waals surface area contributed by atoms with Crippen LogP contribution in [-0.4, -0.2) is 67.0 Å². The van der Waals surface area contributed by atoms with E-state index >= 15 is 0 Å². The molecule has 0 bridgehead atoms. The maximum Gasteiger partial charge on any atom is 0.268 e. The van der Waals surface area contributed by atoms with Crippen LogP contribution in [0.5, 0.6) is 0 Å². The molecule has 4 rings (SSSR count). The quantitative estimate of drug-likeness (QED) is 0.686. The van der Waals surface area contributed by atoms with E-state index in [0.717, 1.165) is 54.1 Å². The van der Waals surface area contributed by atoms with Crippen molar-refractivity contribution in [3.8, 4) is 10.4 Å². The van der Waals surface area contributed by atoms with Crippen molar-refractivity contribution in [3.63, 3.8) is 0 Å². The molecule has 0 saturated carbocycles. The van der Waals surface area contributed by atoms with Gasteiger partial charge < -0.3 is 15.2 Å². The zero-order valence-electron chi connectivity index (χ0n) is 15.3. The molecule has 5 nitrogen and oxygen atoms in total. The Morgan fingerprint density at radius 3 is 2.81 bits per heavy atom. The molecule has 0 unspecified atom stereocenters. The number of hydrogen-bond acceptors (Lipinski definition) is 4. The van der Waals surface area contributed by atoms with Crippen molar-refractivity contribution in [2.24, 2.45) is 0 Å². The maximum atomic E-state index is 12.9. The first-order chi connectivity index (χ1) is 13.1. The number of likely N-dealkylation sites (N-methyl/N-ethyl adjacent to an activating group) is 1. The molecule has 2 N–H and O–H groups in total. The van der Waals surface area contributed by atoms with Crippen LogP contribution in [0.4, 0.5) is 0 Å². The molecule has 1 saturated heterocycles. The highest BCUT2D eigenvalue weighted by Crippen LogP contribution is 2.36. The molecule has 1 aliphatic rings. The van der Waals surface area contributed by atoms with Crippen LogP contribution in [0, 0.1) is 0 Å². The lowest BCUT2D eigenvalue weighted by molar-refractivity contribution is 0.0937. The number of nitrogens with zero attached hydrogens (tertiary/aromatic N) is 2. The van der Waals surface area contributed by atoms with Crippen LogP contribution in [-0.2, 0) is 0 Å². The molecule has 2 aromatic heterocycles. The Morgan fingerprint density at radius 2 is 2.07 bits per heavy atom.